The molecule has 0 fully saturated rings. The number of hydrogen-bond donors (Lipinski definition) is 1. The maximum Gasteiger partial charge on any atom is 0.212 e. The van der Waals surface area contributed by atoms with Crippen LogP contribution in [0.4, 0.5) is 5.69 Å². The lowest BCUT2D eigenvalue weighted by Gasteiger charge is -2.02. The van der Waals surface area contributed by atoms with Gasteiger partial charge in [-0.15, -0.1) is 0 Å². The number of nitrogen functional groups attached to an aromatic ring is 1. The van der Waals surface area contributed by atoms with Crippen LogP contribution < -0.4 is 16.6 Å². The van der Waals surface area contributed by atoms with E-state index in [9.17, 15) is 9.59 Å². The number of aromatic nitrogens is 2. The summed E-state index contributed by atoms with van der Waals surface area (Å²) >= 11 is 0. The molecule has 0 aliphatic heterocycles. The number of pyridine rings is 2. The maximum atomic E-state index is 12.6. The number of nitrogens with zero attached hydrogens (tertiary/aromatic N) is 2. The van der Waals surface area contributed by atoms with Gasteiger partial charge < -0.3 is 5.73 Å². The Morgan fingerprint density at radius 3 is 1.67 bits per heavy atom. The molecule has 6 aromatic rings. The largest absolute Gasteiger partial charge is 0.397 e. The number of hydrogen-bond acceptors (Lipinski definition) is 11. The van der Waals surface area contributed by atoms with Gasteiger partial charge in [0.2, 0.25) is 10.9 Å². The minimum atomic E-state index is -0.121. The number of rotatable bonds is 6. The van der Waals surface area contributed by atoms with Gasteiger partial charge in [0.25, 0.3) is 0 Å². The van der Waals surface area contributed by atoms with Crippen molar-refractivity contribution in [1.82, 2.24) is 9.97 Å². The molecule has 0 spiro atoms. The van der Waals surface area contributed by atoms with Gasteiger partial charge in [0.15, 0.2) is 0 Å². The Labute approximate surface area is 244 Å². The third kappa shape index (κ3) is 6.83. The first-order valence-electron chi connectivity index (χ1n) is 12.9. The maximum absolute atomic E-state index is 12.6. The van der Waals surface area contributed by atoms with E-state index in [0.717, 1.165) is 27.3 Å². The standard InChI is InChI=1S/C16H14N2O3.C16H13NO3.O2/c1-20-21-9-11-6-10-4-2-3-5-13(10)16(19)15-14(11)7-12(17)8-18-15;1-19-20-10-12-9-11-5-2-3-6-14(11)16(18)15-13(12)7-4-8-17-15;1-2/h2-8H,9,17H2,1H3;2-9H,10H2,1H3;. The van der Waals surface area contributed by atoms with Gasteiger partial charge in [-0.3, -0.25) is 14.6 Å². The summed E-state index contributed by atoms with van der Waals surface area (Å²) in [5, 5.41) is 4.42. The number of nitrogens with two attached hydrogens (primary N) is 1. The Kier molecular flexibility index (Phi) is 10.5. The fourth-order valence-corrected chi connectivity index (χ4v) is 4.68. The quantitative estimate of drug-likeness (QED) is 0.201. The Morgan fingerprint density at radius 2 is 1.12 bits per heavy atom. The summed E-state index contributed by atoms with van der Waals surface area (Å²) in [6.07, 6.45) is 3.11. The monoisotopic (exact) mass is 581 g/mol. The van der Waals surface area contributed by atoms with Crippen LogP contribution in [0, 0.1) is 9.93 Å². The molecule has 43 heavy (non-hydrogen) atoms. The van der Waals surface area contributed by atoms with Crippen molar-refractivity contribution in [2.45, 2.75) is 13.2 Å². The van der Waals surface area contributed by atoms with Crippen molar-refractivity contribution >= 4 is 49.0 Å². The van der Waals surface area contributed by atoms with Gasteiger partial charge in [0.1, 0.15) is 24.2 Å². The average Bonchev–Trinajstić information content (AvgIpc) is 3.25. The molecule has 0 atom stereocenters. The highest BCUT2D eigenvalue weighted by Crippen LogP contribution is 2.22. The zero-order valence-corrected chi connectivity index (χ0v) is 23.3. The first-order valence-corrected chi connectivity index (χ1v) is 12.9. The number of anilines is 1. The summed E-state index contributed by atoms with van der Waals surface area (Å²) in [7, 11) is 2.90. The van der Waals surface area contributed by atoms with Crippen LogP contribution in [0.15, 0.2) is 101 Å². The Bertz CT molecular complexity index is 2020. The predicted molar refractivity (Wildman–Crippen MR) is 166 cm³/mol. The van der Waals surface area contributed by atoms with E-state index in [-0.39, 0.29) is 24.1 Å². The minimum absolute atomic E-state index is 0.0696. The molecular formula is C32H27N3O8. The highest BCUT2D eigenvalue weighted by molar-refractivity contribution is 5.95. The average molecular weight is 582 g/mol. The highest BCUT2D eigenvalue weighted by Gasteiger charge is 2.10. The fourth-order valence-electron chi connectivity index (χ4n) is 4.68. The molecule has 0 aliphatic carbocycles. The van der Waals surface area contributed by atoms with Crippen molar-refractivity contribution in [3.8, 4) is 0 Å². The molecular weight excluding hydrogens is 554 g/mol. The third-order valence-corrected chi connectivity index (χ3v) is 6.57. The van der Waals surface area contributed by atoms with Crippen LogP contribution in [0.25, 0.3) is 43.4 Å². The Balaban J connectivity index is 0.000000186. The van der Waals surface area contributed by atoms with E-state index in [1.165, 1.54) is 20.4 Å². The van der Waals surface area contributed by atoms with Crippen molar-refractivity contribution < 1.29 is 19.6 Å². The van der Waals surface area contributed by atoms with Crippen LogP contribution in [0.1, 0.15) is 11.1 Å². The zero-order chi connectivity index (χ0) is 30.8. The molecule has 0 radical (unpaired) electrons. The smallest absolute Gasteiger partial charge is 0.212 e. The van der Waals surface area contributed by atoms with Crippen LogP contribution in [-0.2, 0) is 32.8 Å². The molecule has 0 aliphatic rings. The molecule has 0 bridgehead atoms. The first kappa shape index (κ1) is 30.8. The molecule has 218 valence electrons. The van der Waals surface area contributed by atoms with E-state index in [2.05, 4.69) is 19.7 Å². The second-order valence-corrected chi connectivity index (χ2v) is 9.09. The highest BCUT2D eigenvalue weighted by atomic mass is 17.2. The number of benzene rings is 2. The van der Waals surface area contributed by atoms with E-state index in [0.29, 0.717) is 32.9 Å². The first-order chi connectivity index (χ1) is 21.0. The normalized spacial score (nSPS) is 10.7. The zero-order valence-electron chi connectivity index (χ0n) is 23.3. The van der Waals surface area contributed by atoms with Gasteiger partial charge in [-0.25, -0.2) is 24.5 Å². The van der Waals surface area contributed by atoms with Crippen LogP contribution >= 0.6 is 0 Å². The van der Waals surface area contributed by atoms with Crippen molar-refractivity contribution in [2.24, 2.45) is 0 Å². The molecule has 0 unspecified atom stereocenters. The predicted octanol–water partition coefficient (Wildman–Crippen LogP) is 5.30. The summed E-state index contributed by atoms with van der Waals surface area (Å²) < 4.78 is 0. The van der Waals surface area contributed by atoms with E-state index in [1.54, 1.807) is 18.3 Å². The van der Waals surface area contributed by atoms with Gasteiger partial charge in [0.05, 0.1) is 26.1 Å². The summed E-state index contributed by atoms with van der Waals surface area (Å²) in [6, 6.07) is 24.1. The molecule has 2 heterocycles. The van der Waals surface area contributed by atoms with Crippen molar-refractivity contribution in [2.75, 3.05) is 20.0 Å². The SMILES string of the molecule is COOCc1cc2ccccc2c(=O)c2ncc(N)cc12.COOCc1cc2ccccc2c(=O)c2ncccc12.O=O. The van der Waals surface area contributed by atoms with Gasteiger partial charge in [-0.05, 0) is 46.2 Å². The third-order valence-electron chi connectivity index (χ3n) is 6.57. The molecule has 0 saturated carbocycles. The summed E-state index contributed by atoms with van der Waals surface area (Å²) in [6.45, 7) is 0.465. The lowest BCUT2D eigenvalue weighted by atomic mass is 10.1. The van der Waals surface area contributed by atoms with Crippen LogP contribution in [-0.4, -0.2) is 24.2 Å². The molecule has 11 heteroatoms. The topological polar surface area (TPSA) is 157 Å². The molecule has 2 aromatic heterocycles. The van der Waals surface area contributed by atoms with Crippen LogP contribution in [0.3, 0.4) is 0 Å². The summed E-state index contributed by atoms with van der Waals surface area (Å²) in [5.41, 5.74) is 8.59. The van der Waals surface area contributed by atoms with E-state index < -0.39 is 0 Å². The summed E-state index contributed by atoms with van der Waals surface area (Å²) in [5.74, 6) is 0. The minimum Gasteiger partial charge on any atom is -0.397 e. The molecule has 6 rings (SSSR count). The van der Waals surface area contributed by atoms with Gasteiger partial charge in [0, 0.05) is 37.7 Å². The second kappa shape index (κ2) is 14.6. The van der Waals surface area contributed by atoms with Crippen LogP contribution in [0.5, 0.6) is 0 Å². The Hall–Kier alpha value is -5.20. The van der Waals surface area contributed by atoms with Gasteiger partial charge in [-0.1, -0.05) is 54.6 Å². The van der Waals surface area contributed by atoms with E-state index in [4.69, 9.17) is 25.4 Å². The summed E-state index contributed by atoms with van der Waals surface area (Å²) in [4.78, 5) is 67.1. The Morgan fingerprint density at radius 1 is 0.628 bits per heavy atom. The van der Waals surface area contributed by atoms with Gasteiger partial charge >= 0.3 is 0 Å². The lowest BCUT2D eigenvalue weighted by molar-refractivity contribution is -0.281. The molecule has 2 N–H and O–H groups in total. The molecule has 0 saturated heterocycles. The molecule has 0 amide bonds. The molecule has 11 nitrogen and oxygen atoms in total. The lowest BCUT2D eigenvalue weighted by Crippen LogP contribution is -2.02. The van der Waals surface area contributed by atoms with Crippen molar-refractivity contribution in [1.29, 1.82) is 0 Å². The van der Waals surface area contributed by atoms with Gasteiger partial charge in [-0.2, -0.15) is 0 Å². The molecule has 4 aromatic carbocycles. The van der Waals surface area contributed by atoms with E-state index >= 15 is 0 Å². The van der Waals surface area contributed by atoms with E-state index in [1.807, 2.05) is 66.7 Å². The fraction of sp³-hybridized carbons (Fsp3) is 0.125. The number of fused-ring (bicyclic) bond motifs is 4. The van der Waals surface area contributed by atoms with Crippen LogP contribution in [0.2, 0.25) is 0 Å². The van der Waals surface area contributed by atoms with Crippen molar-refractivity contribution in [3.05, 3.63) is 133 Å². The second-order valence-electron chi connectivity index (χ2n) is 9.09. The van der Waals surface area contributed by atoms with Crippen molar-refractivity contribution in [3.63, 3.8) is 0 Å².